The minimum atomic E-state index is -1.12. The Balaban J connectivity index is 2.30. The number of aromatic nitrogens is 2. The monoisotopic (exact) mass is 288 g/mol. The Hall–Kier alpha value is -2.76. The number of benzene rings is 2. The van der Waals surface area contributed by atoms with Crippen LogP contribution in [0.2, 0.25) is 0 Å². The van der Waals surface area contributed by atoms with Crippen molar-refractivity contribution in [2.75, 3.05) is 0 Å². The number of para-hydroxylation sites is 1. The maximum Gasteiger partial charge on any atom is 0.337 e. The lowest BCUT2D eigenvalue weighted by atomic mass is 10.1. The van der Waals surface area contributed by atoms with Crippen molar-refractivity contribution in [3.8, 4) is 5.69 Å². The number of hydrogen-bond donors (Lipinski definition) is 1. The van der Waals surface area contributed by atoms with Crippen molar-refractivity contribution in [2.45, 2.75) is 6.92 Å². The lowest BCUT2D eigenvalue weighted by Gasteiger charge is -2.08. The average Bonchev–Trinajstić information content (AvgIpc) is 2.86. The Morgan fingerprint density at radius 1 is 1.24 bits per heavy atom. The molecule has 0 aliphatic carbocycles. The molecule has 1 heterocycles. The molecular weight excluding hydrogens is 278 g/mol. The first kappa shape index (κ1) is 13.2. The predicted octanol–water partition coefficient (Wildman–Crippen LogP) is 3.31. The van der Waals surface area contributed by atoms with Crippen molar-refractivity contribution < 1.29 is 18.7 Å². The summed E-state index contributed by atoms with van der Waals surface area (Å²) in [6, 6.07) is 6.71. The first-order chi connectivity index (χ1) is 9.99. The van der Waals surface area contributed by atoms with Gasteiger partial charge in [0.1, 0.15) is 23.5 Å². The number of imidazole rings is 1. The van der Waals surface area contributed by atoms with Crippen LogP contribution in [0.25, 0.3) is 16.7 Å². The zero-order valence-corrected chi connectivity index (χ0v) is 11.0. The minimum Gasteiger partial charge on any atom is -0.478 e. The Labute approximate surface area is 118 Å². The molecule has 0 fully saturated rings. The molecule has 1 aromatic heterocycles. The SMILES string of the molecule is Cc1cc(F)c(-n2cnc3c(C(=O)O)cccc32)cc1F. The number of aromatic carboxylic acids is 1. The normalized spacial score (nSPS) is 11.0. The second kappa shape index (κ2) is 4.66. The molecule has 21 heavy (non-hydrogen) atoms. The van der Waals surface area contributed by atoms with Crippen LogP contribution in [0.4, 0.5) is 8.78 Å². The highest BCUT2D eigenvalue weighted by Crippen LogP contribution is 2.24. The van der Waals surface area contributed by atoms with E-state index in [2.05, 4.69) is 4.98 Å². The molecule has 0 unspecified atom stereocenters. The summed E-state index contributed by atoms with van der Waals surface area (Å²) < 4.78 is 29.0. The fourth-order valence-corrected chi connectivity index (χ4v) is 2.22. The number of aryl methyl sites for hydroxylation is 1. The number of hydrogen-bond acceptors (Lipinski definition) is 2. The Morgan fingerprint density at radius 3 is 2.71 bits per heavy atom. The fraction of sp³-hybridized carbons (Fsp3) is 0.0667. The van der Waals surface area contributed by atoms with Crippen LogP contribution < -0.4 is 0 Å². The second-order valence-corrected chi connectivity index (χ2v) is 4.65. The maximum absolute atomic E-state index is 14.0. The van der Waals surface area contributed by atoms with Crippen molar-refractivity contribution in [3.63, 3.8) is 0 Å². The summed E-state index contributed by atoms with van der Waals surface area (Å²) >= 11 is 0. The van der Waals surface area contributed by atoms with Gasteiger partial charge in [0.25, 0.3) is 0 Å². The van der Waals surface area contributed by atoms with Crippen LogP contribution in [0.3, 0.4) is 0 Å². The van der Waals surface area contributed by atoms with Gasteiger partial charge in [-0.05, 0) is 30.7 Å². The van der Waals surface area contributed by atoms with Crippen molar-refractivity contribution >= 4 is 17.0 Å². The Kier molecular flexibility index (Phi) is 2.94. The van der Waals surface area contributed by atoms with Gasteiger partial charge in [-0.25, -0.2) is 18.6 Å². The molecule has 3 rings (SSSR count). The summed E-state index contributed by atoms with van der Waals surface area (Å²) in [5.74, 6) is -2.27. The molecule has 0 spiro atoms. The highest BCUT2D eigenvalue weighted by Gasteiger charge is 2.16. The van der Waals surface area contributed by atoms with Crippen molar-refractivity contribution in [1.82, 2.24) is 9.55 Å². The molecule has 0 aliphatic heterocycles. The largest absolute Gasteiger partial charge is 0.478 e. The molecule has 1 N–H and O–H groups in total. The third-order valence-electron chi connectivity index (χ3n) is 3.29. The van der Waals surface area contributed by atoms with E-state index in [0.717, 1.165) is 12.1 Å². The number of fused-ring (bicyclic) bond motifs is 1. The molecule has 6 heteroatoms. The van der Waals surface area contributed by atoms with E-state index >= 15 is 0 Å². The molecule has 2 aromatic carbocycles. The molecular formula is C15H10F2N2O2. The van der Waals surface area contributed by atoms with E-state index in [-0.39, 0.29) is 22.3 Å². The first-order valence-corrected chi connectivity index (χ1v) is 6.14. The second-order valence-electron chi connectivity index (χ2n) is 4.65. The molecule has 0 radical (unpaired) electrons. The quantitative estimate of drug-likeness (QED) is 0.787. The predicted molar refractivity (Wildman–Crippen MR) is 72.7 cm³/mol. The van der Waals surface area contributed by atoms with Gasteiger partial charge in [-0.15, -0.1) is 0 Å². The number of halogens is 2. The molecule has 4 nitrogen and oxygen atoms in total. The van der Waals surface area contributed by atoms with Crippen LogP contribution in [0.15, 0.2) is 36.7 Å². The molecule has 0 amide bonds. The maximum atomic E-state index is 14.0. The number of carboxylic acid groups (broad SMARTS) is 1. The highest BCUT2D eigenvalue weighted by molar-refractivity contribution is 6.01. The molecule has 0 saturated carbocycles. The third-order valence-corrected chi connectivity index (χ3v) is 3.29. The van der Waals surface area contributed by atoms with Gasteiger partial charge in [-0.2, -0.15) is 0 Å². The van der Waals surface area contributed by atoms with E-state index in [4.69, 9.17) is 5.11 Å². The van der Waals surface area contributed by atoms with Gasteiger partial charge in [0.2, 0.25) is 0 Å². The van der Waals surface area contributed by atoms with Gasteiger partial charge in [0.05, 0.1) is 16.8 Å². The zero-order valence-electron chi connectivity index (χ0n) is 11.0. The van der Waals surface area contributed by atoms with Gasteiger partial charge in [-0.3, -0.25) is 4.57 Å². The van der Waals surface area contributed by atoms with Gasteiger partial charge < -0.3 is 5.11 Å². The van der Waals surface area contributed by atoms with E-state index in [0.29, 0.717) is 5.52 Å². The number of nitrogens with zero attached hydrogens (tertiary/aromatic N) is 2. The van der Waals surface area contributed by atoms with Crippen LogP contribution in [0, 0.1) is 18.6 Å². The van der Waals surface area contributed by atoms with Crippen LogP contribution in [0.5, 0.6) is 0 Å². The minimum absolute atomic E-state index is 0.0110. The number of carboxylic acids is 1. The summed E-state index contributed by atoms with van der Waals surface area (Å²) in [7, 11) is 0. The summed E-state index contributed by atoms with van der Waals surface area (Å²) in [4.78, 5) is 15.1. The highest BCUT2D eigenvalue weighted by atomic mass is 19.1. The lowest BCUT2D eigenvalue weighted by Crippen LogP contribution is -2.00. The molecule has 0 saturated heterocycles. The standard InChI is InChI=1S/C15H10F2N2O2/c1-8-5-11(17)13(6-10(8)16)19-7-18-14-9(15(20)21)3-2-4-12(14)19/h2-7H,1H3,(H,20,21). The van der Waals surface area contributed by atoms with Gasteiger partial charge in [0, 0.05) is 6.07 Å². The van der Waals surface area contributed by atoms with Crippen LogP contribution in [0.1, 0.15) is 15.9 Å². The summed E-state index contributed by atoms with van der Waals surface area (Å²) in [5.41, 5.74) is 0.830. The van der Waals surface area contributed by atoms with E-state index in [1.165, 1.54) is 30.0 Å². The topological polar surface area (TPSA) is 55.1 Å². The Morgan fingerprint density at radius 2 is 2.00 bits per heavy atom. The first-order valence-electron chi connectivity index (χ1n) is 6.14. The Bertz CT molecular complexity index is 871. The fourth-order valence-electron chi connectivity index (χ4n) is 2.22. The van der Waals surface area contributed by atoms with Gasteiger partial charge in [-0.1, -0.05) is 6.07 Å². The summed E-state index contributed by atoms with van der Waals surface area (Å²) in [6.45, 7) is 1.47. The third kappa shape index (κ3) is 2.05. The van der Waals surface area contributed by atoms with E-state index in [1.807, 2.05) is 0 Å². The molecule has 0 bridgehead atoms. The molecule has 0 aliphatic rings. The number of rotatable bonds is 2. The molecule has 3 aromatic rings. The average molecular weight is 288 g/mol. The van der Waals surface area contributed by atoms with Gasteiger partial charge in [0.15, 0.2) is 0 Å². The van der Waals surface area contributed by atoms with Crippen molar-refractivity contribution in [1.29, 1.82) is 0 Å². The molecule has 106 valence electrons. The molecule has 0 atom stereocenters. The van der Waals surface area contributed by atoms with Gasteiger partial charge >= 0.3 is 5.97 Å². The van der Waals surface area contributed by atoms with Crippen molar-refractivity contribution in [2.24, 2.45) is 0 Å². The van der Waals surface area contributed by atoms with E-state index in [9.17, 15) is 13.6 Å². The van der Waals surface area contributed by atoms with E-state index in [1.54, 1.807) is 6.07 Å². The summed E-state index contributed by atoms with van der Waals surface area (Å²) in [6.07, 6.45) is 1.28. The summed E-state index contributed by atoms with van der Waals surface area (Å²) in [5, 5.41) is 9.11. The van der Waals surface area contributed by atoms with Crippen LogP contribution in [-0.2, 0) is 0 Å². The van der Waals surface area contributed by atoms with Crippen LogP contribution in [-0.4, -0.2) is 20.6 Å². The number of carbonyl (C=O) groups is 1. The lowest BCUT2D eigenvalue weighted by molar-refractivity contribution is 0.0699. The van der Waals surface area contributed by atoms with E-state index < -0.39 is 17.6 Å². The van der Waals surface area contributed by atoms with Crippen molar-refractivity contribution in [3.05, 3.63) is 59.4 Å². The van der Waals surface area contributed by atoms with Crippen LogP contribution >= 0.6 is 0 Å². The smallest absolute Gasteiger partial charge is 0.337 e. The zero-order chi connectivity index (χ0) is 15.1.